The van der Waals surface area contributed by atoms with Gasteiger partial charge in [0.15, 0.2) is 0 Å². The first-order valence-corrected chi connectivity index (χ1v) is 6.87. The smallest absolute Gasteiger partial charge is 0.243 e. The second-order valence-electron chi connectivity index (χ2n) is 5.40. The lowest BCUT2D eigenvalue weighted by atomic mass is 9.72. The zero-order chi connectivity index (χ0) is 15.3. The Bertz CT molecular complexity index is 848. The number of para-hydroxylation sites is 1. The summed E-state index contributed by atoms with van der Waals surface area (Å²) in [5.41, 5.74) is 1.20. The van der Waals surface area contributed by atoms with Gasteiger partial charge in [-0.15, -0.1) is 6.42 Å². The second kappa shape index (κ2) is 4.21. The molecular weight excluding hydrogens is 280 g/mol. The Morgan fingerprint density at radius 2 is 2.14 bits per heavy atom. The molecule has 1 aromatic carbocycles. The van der Waals surface area contributed by atoms with Gasteiger partial charge in [-0.25, -0.2) is 0 Å². The molecule has 0 radical (unpaired) electrons. The molecule has 1 spiro atoms. The fraction of sp³-hybridized carbons (Fsp3) is 0.188. The summed E-state index contributed by atoms with van der Waals surface area (Å²) in [6, 6.07) is 7.44. The molecule has 108 valence electrons. The van der Waals surface area contributed by atoms with Crippen LogP contribution in [0.15, 0.2) is 30.5 Å². The van der Waals surface area contributed by atoms with E-state index in [1.165, 1.54) is 0 Å². The number of fused-ring (bicyclic) bond motifs is 4. The lowest BCUT2D eigenvalue weighted by Crippen LogP contribution is -2.46. The van der Waals surface area contributed by atoms with Gasteiger partial charge in [-0.2, -0.15) is 5.10 Å². The third-order valence-corrected chi connectivity index (χ3v) is 4.30. The fourth-order valence-corrected chi connectivity index (χ4v) is 3.43. The third kappa shape index (κ3) is 1.37. The molecule has 0 saturated carbocycles. The molecule has 2 aliphatic rings. The van der Waals surface area contributed by atoms with Gasteiger partial charge in [0, 0.05) is 17.7 Å². The van der Waals surface area contributed by atoms with Crippen LogP contribution in [0.5, 0.6) is 0 Å². The van der Waals surface area contributed by atoms with E-state index < -0.39 is 5.41 Å². The topological polar surface area (TPSA) is 78.1 Å². The van der Waals surface area contributed by atoms with Gasteiger partial charge in [0.1, 0.15) is 11.2 Å². The summed E-state index contributed by atoms with van der Waals surface area (Å²) in [5.74, 6) is 2.59. The van der Waals surface area contributed by atoms with Gasteiger partial charge in [-0.1, -0.05) is 24.1 Å². The Morgan fingerprint density at radius 3 is 2.95 bits per heavy atom. The van der Waals surface area contributed by atoms with Crippen LogP contribution in [0.25, 0.3) is 0 Å². The molecule has 6 nitrogen and oxygen atoms in total. The average Bonchev–Trinajstić information content (AvgIpc) is 3.06. The number of H-pyrrole nitrogens is 1. The van der Waals surface area contributed by atoms with Crippen LogP contribution in [0.1, 0.15) is 17.5 Å². The standard InChI is InChI=1S/C16H12N4O2/c1-2-7-20-12-6-4-3-5-10(12)16(15(20)22)8-13(21)18-14-11(16)9-17-19-14/h1,3-6,9H,7-8H2,(H2,17,18,19,21)/t16-/m0/s1. The van der Waals surface area contributed by atoms with Gasteiger partial charge in [0.25, 0.3) is 0 Å². The summed E-state index contributed by atoms with van der Waals surface area (Å²) in [6.07, 6.45) is 7.06. The van der Waals surface area contributed by atoms with Crippen molar-refractivity contribution in [2.24, 2.45) is 0 Å². The van der Waals surface area contributed by atoms with Crippen molar-refractivity contribution in [3.8, 4) is 12.3 Å². The molecule has 1 atom stereocenters. The van der Waals surface area contributed by atoms with E-state index in [0.717, 1.165) is 11.3 Å². The van der Waals surface area contributed by atoms with Gasteiger partial charge < -0.3 is 5.32 Å². The van der Waals surface area contributed by atoms with Crippen molar-refractivity contribution >= 4 is 23.3 Å². The molecule has 6 heteroatoms. The second-order valence-corrected chi connectivity index (χ2v) is 5.40. The maximum Gasteiger partial charge on any atom is 0.243 e. The number of hydrogen-bond donors (Lipinski definition) is 2. The summed E-state index contributed by atoms with van der Waals surface area (Å²) < 4.78 is 0. The number of carbonyl (C=O) groups is 2. The summed E-state index contributed by atoms with van der Waals surface area (Å²) >= 11 is 0. The zero-order valence-corrected chi connectivity index (χ0v) is 11.6. The number of benzene rings is 1. The largest absolute Gasteiger partial charge is 0.311 e. The van der Waals surface area contributed by atoms with E-state index in [9.17, 15) is 9.59 Å². The van der Waals surface area contributed by atoms with Crippen LogP contribution in [0, 0.1) is 12.3 Å². The molecule has 0 unspecified atom stereocenters. The van der Waals surface area contributed by atoms with Crippen molar-refractivity contribution in [2.45, 2.75) is 11.8 Å². The Labute approximate surface area is 126 Å². The number of hydrogen-bond acceptors (Lipinski definition) is 3. The third-order valence-electron chi connectivity index (χ3n) is 4.30. The summed E-state index contributed by atoms with van der Waals surface area (Å²) in [6.45, 7) is 0.173. The number of nitrogens with zero attached hydrogens (tertiary/aromatic N) is 2. The molecule has 2 amide bonds. The Hall–Kier alpha value is -3.07. The molecule has 0 fully saturated rings. The molecule has 4 rings (SSSR count). The average molecular weight is 292 g/mol. The molecule has 22 heavy (non-hydrogen) atoms. The van der Waals surface area contributed by atoms with Crippen molar-refractivity contribution in [1.82, 2.24) is 10.2 Å². The molecule has 0 saturated heterocycles. The molecule has 2 N–H and O–H groups in total. The van der Waals surface area contributed by atoms with Crippen LogP contribution in [0.4, 0.5) is 11.5 Å². The van der Waals surface area contributed by atoms with Crippen LogP contribution in [0.3, 0.4) is 0 Å². The van der Waals surface area contributed by atoms with Crippen molar-refractivity contribution in [2.75, 3.05) is 16.8 Å². The number of carbonyl (C=O) groups excluding carboxylic acids is 2. The quantitative estimate of drug-likeness (QED) is 0.770. The van der Waals surface area contributed by atoms with Crippen molar-refractivity contribution < 1.29 is 9.59 Å². The number of aromatic amines is 1. The van der Waals surface area contributed by atoms with Crippen LogP contribution in [-0.2, 0) is 15.0 Å². The minimum Gasteiger partial charge on any atom is -0.311 e. The number of nitrogens with one attached hydrogen (secondary N) is 2. The van der Waals surface area contributed by atoms with Crippen LogP contribution in [0.2, 0.25) is 0 Å². The Morgan fingerprint density at radius 1 is 1.32 bits per heavy atom. The fourth-order valence-electron chi connectivity index (χ4n) is 3.43. The van der Waals surface area contributed by atoms with E-state index in [2.05, 4.69) is 21.4 Å². The van der Waals surface area contributed by atoms with E-state index in [-0.39, 0.29) is 24.8 Å². The van der Waals surface area contributed by atoms with Gasteiger partial charge in [-0.3, -0.25) is 19.6 Å². The number of aromatic nitrogens is 2. The first-order valence-electron chi connectivity index (χ1n) is 6.87. The Kier molecular flexibility index (Phi) is 2.42. The normalized spacial score (nSPS) is 22.2. The molecule has 1 aromatic heterocycles. The predicted octanol–water partition coefficient (Wildman–Crippen LogP) is 1.02. The monoisotopic (exact) mass is 292 g/mol. The highest BCUT2D eigenvalue weighted by Crippen LogP contribution is 2.51. The SMILES string of the molecule is C#CCN1C(=O)[C@@]2(CC(=O)Nc3[nH]ncc32)c2ccccc21. The van der Waals surface area contributed by atoms with Crippen LogP contribution in [-0.4, -0.2) is 28.6 Å². The highest BCUT2D eigenvalue weighted by Gasteiger charge is 2.56. The molecular formula is C16H12N4O2. The lowest BCUT2D eigenvalue weighted by molar-refractivity contribution is -0.126. The van der Waals surface area contributed by atoms with Crippen molar-refractivity contribution in [3.05, 3.63) is 41.6 Å². The number of anilines is 2. The van der Waals surface area contributed by atoms with Gasteiger partial charge in [-0.05, 0) is 11.6 Å². The van der Waals surface area contributed by atoms with Gasteiger partial charge in [0.05, 0.1) is 12.7 Å². The summed E-state index contributed by atoms with van der Waals surface area (Å²) in [5, 5.41) is 9.45. The van der Waals surface area contributed by atoms with E-state index in [0.29, 0.717) is 11.4 Å². The molecule has 3 heterocycles. The van der Waals surface area contributed by atoms with Gasteiger partial charge >= 0.3 is 0 Å². The maximum absolute atomic E-state index is 13.1. The molecule has 0 bridgehead atoms. The van der Waals surface area contributed by atoms with Crippen molar-refractivity contribution in [1.29, 1.82) is 0 Å². The van der Waals surface area contributed by atoms with Gasteiger partial charge in [0.2, 0.25) is 11.8 Å². The van der Waals surface area contributed by atoms with E-state index >= 15 is 0 Å². The van der Waals surface area contributed by atoms with E-state index in [1.54, 1.807) is 11.1 Å². The number of amides is 2. The summed E-state index contributed by atoms with van der Waals surface area (Å²) in [7, 11) is 0. The molecule has 2 aliphatic heterocycles. The minimum atomic E-state index is -1.04. The maximum atomic E-state index is 13.1. The van der Waals surface area contributed by atoms with E-state index in [4.69, 9.17) is 6.42 Å². The highest BCUT2D eigenvalue weighted by atomic mass is 16.2. The highest BCUT2D eigenvalue weighted by molar-refractivity contribution is 6.15. The van der Waals surface area contributed by atoms with Crippen LogP contribution < -0.4 is 10.2 Å². The Balaban J connectivity index is 2.02. The number of terminal acetylenes is 1. The predicted molar refractivity (Wildman–Crippen MR) is 80.2 cm³/mol. The lowest BCUT2D eigenvalue weighted by Gasteiger charge is -2.31. The first kappa shape index (κ1) is 12.7. The summed E-state index contributed by atoms with van der Waals surface area (Å²) in [4.78, 5) is 26.8. The molecule has 0 aliphatic carbocycles. The van der Waals surface area contributed by atoms with E-state index in [1.807, 2.05) is 24.3 Å². The minimum absolute atomic E-state index is 0.0520. The zero-order valence-electron chi connectivity index (χ0n) is 11.6. The van der Waals surface area contributed by atoms with Crippen molar-refractivity contribution in [3.63, 3.8) is 0 Å². The molecule has 2 aromatic rings. The van der Waals surface area contributed by atoms with Crippen LogP contribution >= 0.6 is 0 Å². The number of rotatable bonds is 1. The first-order chi connectivity index (χ1) is 10.7.